The van der Waals surface area contributed by atoms with Gasteiger partial charge in [0.05, 0.1) is 0 Å². The second-order valence-corrected chi connectivity index (χ2v) is 7.25. The summed E-state index contributed by atoms with van der Waals surface area (Å²) in [6.07, 6.45) is 3.61. The fourth-order valence-corrected chi connectivity index (χ4v) is 3.20. The van der Waals surface area contributed by atoms with Gasteiger partial charge in [-0.2, -0.15) is 0 Å². The molecule has 1 saturated carbocycles. The molecule has 0 unspecified atom stereocenters. The summed E-state index contributed by atoms with van der Waals surface area (Å²) in [7, 11) is -3.31. The van der Waals surface area contributed by atoms with Crippen LogP contribution in [0, 0.1) is 5.82 Å². The molecule has 1 fully saturated rings. The molecule has 6 heteroatoms. The SMILES string of the molecule is CS(=O)(=O)c1cccnc1N[C@@H]1C[C@H]1c1ccc(F)cc1. The highest BCUT2D eigenvalue weighted by molar-refractivity contribution is 7.90. The van der Waals surface area contributed by atoms with Crippen LogP contribution in [0.4, 0.5) is 10.2 Å². The third-order valence-corrected chi connectivity index (χ3v) is 4.71. The van der Waals surface area contributed by atoms with E-state index in [0.29, 0.717) is 5.82 Å². The first-order valence-corrected chi connectivity index (χ1v) is 8.51. The highest BCUT2D eigenvalue weighted by atomic mass is 32.2. The number of hydrogen-bond acceptors (Lipinski definition) is 4. The van der Waals surface area contributed by atoms with E-state index >= 15 is 0 Å². The Balaban J connectivity index is 1.77. The summed E-state index contributed by atoms with van der Waals surface area (Å²) in [5.74, 6) is 0.391. The van der Waals surface area contributed by atoms with Gasteiger partial charge in [-0.05, 0) is 36.2 Å². The Bertz CT molecular complexity index is 759. The molecule has 1 aliphatic carbocycles. The molecule has 4 nitrogen and oxygen atoms in total. The molecule has 2 atom stereocenters. The number of aromatic nitrogens is 1. The molecule has 2 aromatic rings. The Kier molecular flexibility index (Phi) is 3.41. The molecular weight excluding hydrogens is 291 g/mol. The number of anilines is 1. The number of pyridine rings is 1. The fraction of sp³-hybridized carbons (Fsp3) is 0.267. The van der Waals surface area contributed by atoms with Crippen LogP contribution >= 0.6 is 0 Å². The van der Waals surface area contributed by atoms with Gasteiger partial charge in [0.15, 0.2) is 9.84 Å². The van der Waals surface area contributed by atoms with E-state index in [9.17, 15) is 12.8 Å². The zero-order valence-corrected chi connectivity index (χ0v) is 12.3. The van der Waals surface area contributed by atoms with Crippen LogP contribution in [0.2, 0.25) is 0 Å². The van der Waals surface area contributed by atoms with Crippen LogP contribution in [0.1, 0.15) is 17.9 Å². The van der Waals surface area contributed by atoms with Crippen molar-refractivity contribution in [1.82, 2.24) is 4.98 Å². The molecule has 21 heavy (non-hydrogen) atoms. The Morgan fingerprint density at radius 2 is 1.95 bits per heavy atom. The van der Waals surface area contributed by atoms with Gasteiger partial charge in [-0.25, -0.2) is 17.8 Å². The number of sulfone groups is 1. The maximum Gasteiger partial charge on any atom is 0.179 e. The maximum atomic E-state index is 12.9. The van der Waals surface area contributed by atoms with E-state index in [1.54, 1.807) is 30.5 Å². The molecule has 0 saturated heterocycles. The molecular formula is C15H15FN2O2S. The van der Waals surface area contributed by atoms with Crippen molar-refractivity contribution in [3.63, 3.8) is 0 Å². The lowest BCUT2D eigenvalue weighted by Gasteiger charge is -2.09. The van der Waals surface area contributed by atoms with Gasteiger partial charge in [-0.1, -0.05) is 12.1 Å². The van der Waals surface area contributed by atoms with Crippen LogP contribution in [-0.4, -0.2) is 25.7 Å². The first-order chi connectivity index (χ1) is 9.95. The molecule has 0 bridgehead atoms. The maximum absolute atomic E-state index is 12.9. The summed E-state index contributed by atoms with van der Waals surface area (Å²) >= 11 is 0. The molecule has 1 aromatic heterocycles. The zero-order valence-electron chi connectivity index (χ0n) is 11.5. The molecule has 0 radical (unpaired) electrons. The largest absolute Gasteiger partial charge is 0.366 e. The zero-order chi connectivity index (χ0) is 15.0. The van der Waals surface area contributed by atoms with Crippen molar-refractivity contribution in [2.45, 2.75) is 23.3 Å². The molecule has 1 aromatic carbocycles. The second kappa shape index (κ2) is 5.11. The minimum absolute atomic E-state index is 0.130. The smallest absolute Gasteiger partial charge is 0.179 e. The summed E-state index contributed by atoms with van der Waals surface area (Å²) in [4.78, 5) is 4.32. The molecule has 1 heterocycles. The van der Waals surface area contributed by atoms with Crippen LogP contribution in [0.3, 0.4) is 0 Å². The minimum atomic E-state index is -3.31. The van der Waals surface area contributed by atoms with Crippen molar-refractivity contribution in [3.05, 3.63) is 54.0 Å². The normalized spacial score (nSPS) is 21.0. The predicted octanol–water partition coefficient (Wildman–Crippen LogP) is 2.59. The summed E-state index contributed by atoms with van der Waals surface area (Å²) in [5.41, 5.74) is 1.05. The average molecular weight is 306 g/mol. The van der Waals surface area contributed by atoms with Crippen molar-refractivity contribution in [3.8, 4) is 0 Å². The van der Waals surface area contributed by atoms with Crippen molar-refractivity contribution in [2.75, 3.05) is 11.6 Å². The van der Waals surface area contributed by atoms with Gasteiger partial charge in [-0.15, -0.1) is 0 Å². The van der Waals surface area contributed by atoms with E-state index in [1.165, 1.54) is 18.4 Å². The van der Waals surface area contributed by atoms with E-state index in [0.717, 1.165) is 12.0 Å². The lowest BCUT2D eigenvalue weighted by molar-refractivity contribution is 0.601. The lowest BCUT2D eigenvalue weighted by Crippen LogP contribution is -2.10. The average Bonchev–Trinajstić information content (AvgIpc) is 3.18. The Morgan fingerprint density at radius 3 is 2.62 bits per heavy atom. The number of hydrogen-bond donors (Lipinski definition) is 1. The van der Waals surface area contributed by atoms with E-state index in [-0.39, 0.29) is 22.7 Å². The Morgan fingerprint density at radius 1 is 1.24 bits per heavy atom. The van der Waals surface area contributed by atoms with Crippen LogP contribution < -0.4 is 5.32 Å². The third-order valence-electron chi connectivity index (χ3n) is 3.58. The van der Waals surface area contributed by atoms with Gasteiger partial charge >= 0.3 is 0 Å². The minimum Gasteiger partial charge on any atom is -0.366 e. The first kappa shape index (κ1) is 14.0. The lowest BCUT2D eigenvalue weighted by atomic mass is 10.1. The number of nitrogens with zero attached hydrogens (tertiary/aromatic N) is 1. The van der Waals surface area contributed by atoms with Crippen molar-refractivity contribution >= 4 is 15.7 Å². The fourth-order valence-electron chi connectivity index (χ4n) is 2.41. The van der Waals surface area contributed by atoms with Gasteiger partial charge < -0.3 is 5.32 Å². The van der Waals surface area contributed by atoms with Crippen LogP contribution in [-0.2, 0) is 9.84 Å². The van der Waals surface area contributed by atoms with Crippen molar-refractivity contribution in [1.29, 1.82) is 0 Å². The third kappa shape index (κ3) is 3.05. The van der Waals surface area contributed by atoms with Crippen molar-refractivity contribution in [2.24, 2.45) is 0 Å². The number of rotatable bonds is 4. The Hall–Kier alpha value is -1.95. The van der Waals surface area contributed by atoms with Crippen LogP contribution in [0.25, 0.3) is 0 Å². The molecule has 1 aliphatic rings. The number of nitrogens with one attached hydrogen (secondary N) is 1. The second-order valence-electron chi connectivity index (χ2n) is 5.27. The standard InChI is InChI=1S/C15H15FN2O2S/c1-21(19,20)14-3-2-8-17-15(14)18-13-9-12(13)10-4-6-11(16)7-5-10/h2-8,12-13H,9H2,1H3,(H,17,18)/t12-,13+/m0/s1. The first-order valence-electron chi connectivity index (χ1n) is 6.62. The van der Waals surface area contributed by atoms with Gasteiger partial charge in [0.25, 0.3) is 0 Å². The molecule has 0 amide bonds. The van der Waals surface area contributed by atoms with E-state index in [4.69, 9.17) is 0 Å². The topological polar surface area (TPSA) is 59.1 Å². The molecule has 0 aliphatic heterocycles. The molecule has 110 valence electrons. The van der Waals surface area contributed by atoms with Gasteiger partial charge in [-0.3, -0.25) is 0 Å². The summed E-state index contributed by atoms with van der Waals surface area (Å²) < 4.78 is 36.4. The highest BCUT2D eigenvalue weighted by Crippen LogP contribution is 2.43. The van der Waals surface area contributed by atoms with Gasteiger partial charge in [0, 0.05) is 24.4 Å². The van der Waals surface area contributed by atoms with Gasteiger partial charge in [0.2, 0.25) is 0 Å². The Labute approximate surface area is 123 Å². The van der Waals surface area contributed by atoms with E-state index in [2.05, 4.69) is 10.3 Å². The summed E-state index contributed by atoms with van der Waals surface area (Å²) in [5, 5.41) is 3.17. The van der Waals surface area contributed by atoms with Gasteiger partial charge in [0.1, 0.15) is 16.5 Å². The summed E-state index contributed by atoms with van der Waals surface area (Å²) in [6, 6.07) is 9.67. The molecule has 1 N–H and O–H groups in total. The molecule has 3 rings (SSSR count). The van der Waals surface area contributed by atoms with Crippen molar-refractivity contribution < 1.29 is 12.8 Å². The molecule has 0 spiro atoms. The monoisotopic (exact) mass is 306 g/mol. The van der Waals surface area contributed by atoms with E-state index in [1.807, 2.05) is 0 Å². The quantitative estimate of drug-likeness (QED) is 0.943. The number of benzene rings is 1. The van der Waals surface area contributed by atoms with Crippen LogP contribution in [0.15, 0.2) is 47.5 Å². The van der Waals surface area contributed by atoms with E-state index < -0.39 is 9.84 Å². The highest BCUT2D eigenvalue weighted by Gasteiger charge is 2.39. The van der Waals surface area contributed by atoms with Crippen LogP contribution in [0.5, 0.6) is 0 Å². The summed E-state index contributed by atoms with van der Waals surface area (Å²) in [6.45, 7) is 0. The predicted molar refractivity (Wildman–Crippen MR) is 78.5 cm³/mol. The number of halogens is 1.